The van der Waals surface area contributed by atoms with Gasteiger partial charge in [-0.1, -0.05) is 43.6 Å². The Balaban J connectivity index is 0.00000261. The van der Waals surface area contributed by atoms with Gasteiger partial charge >= 0.3 is 0 Å². The van der Waals surface area contributed by atoms with Gasteiger partial charge in [-0.05, 0) is 65.8 Å². The Bertz CT molecular complexity index is 837. The number of primary amides is 1. The second-order valence-corrected chi connectivity index (χ2v) is 7.18. The molecular weight excluding hydrogens is 383 g/mol. The lowest BCUT2D eigenvalue weighted by Gasteiger charge is -2.33. The standard InChI is InChI=1S/C21H25ClN2O2.ClH/c1-3-13-11-18-17(19(22)16(13)4-2)9-10-24-12-21(18,20(23)26)14-5-7-15(25)8-6-14;/h5-8,11,24-25H,3-4,9-10,12H2,1-2H3,(H2,23,26);1H/t21-;/m1./s1. The summed E-state index contributed by atoms with van der Waals surface area (Å²) in [7, 11) is 0. The van der Waals surface area contributed by atoms with Crippen molar-refractivity contribution in [1.82, 2.24) is 5.32 Å². The molecule has 0 unspecified atom stereocenters. The molecule has 6 heteroatoms. The highest BCUT2D eigenvalue weighted by Gasteiger charge is 2.44. The van der Waals surface area contributed by atoms with Gasteiger partial charge in [-0.15, -0.1) is 12.4 Å². The quantitative estimate of drug-likeness (QED) is 0.724. The molecule has 146 valence electrons. The number of hydrogen-bond acceptors (Lipinski definition) is 3. The maximum absolute atomic E-state index is 12.8. The summed E-state index contributed by atoms with van der Waals surface area (Å²) < 4.78 is 0. The second-order valence-electron chi connectivity index (χ2n) is 6.80. The number of aromatic hydroxyl groups is 1. The molecule has 27 heavy (non-hydrogen) atoms. The third-order valence-electron chi connectivity index (χ3n) is 5.48. The predicted molar refractivity (Wildman–Crippen MR) is 112 cm³/mol. The van der Waals surface area contributed by atoms with Gasteiger partial charge in [0.15, 0.2) is 0 Å². The highest BCUT2D eigenvalue weighted by molar-refractivity contribution is 6.32. The number of amides is 1. The Morgan fingerprint density at radius 1 is 1.26 bits per heavy atom. The molecule has 0 fully saturated rings. The summed E-state index contributed by atoms with van der Waals surface area (Å²) in [5.41, 5.74) is 9.93. The van der Waals surface area contributed by atoms with Gasteiger partial charge < -0.3 is 16.2 Å². The van der Waals surface area contributed by atoms with E-state index in [9.17, 15) is 9.90 Å². The number of rotatable bonds is 4. The van der Waals surface area contributed by atoms with E-state index in [1.165, 1.54) is 0 Å². The zero-order valence-corrected chi connectivity index (χ0v) is 17.2. The first-order valence-corrected chi connectivity index (χ1v) is 9.47. The van der Waals surface area contributed by atoms with E-state index in [0.717, 1.165) is 58.6 Å². The summed E-state index contributed by atoms with van der Waals surface area (Å²) in [5.74, 6) is -0.259. The number of nitrogens with one attached hydrogen (secondary N) is 1. The van der Waals surface area contributed by atoms with Crippen LogP contribution in [0.3, 0.4) is 0 Å². The molecule has 4 nitrogen and oxygen atoms in total. The van der Waals surface area contributed by atoms with Crippen LogP contribution in [0.1, 0.15) is 41.7 Å². The minimum atomic E-state index is -1.01. The maximum atomic E-state index is 12.8. The van der Waals surface area contributed by atoms with E-state index >= 15 is 0 Å². The third-order valence-corrected chi connectivity index (χ3v) is 5.93. The van der Waals surface area contributed by atoms with Crippen LogP contribution in [0.5, 0.6) is 5.75 Å². The van der Waals surface area contributed by atoms with Crippen molar-refractivity contribution in [2.24, 2.45) is 5.73 Å². The molecular formula is C21H26Cl2N2O2. The van der Waals surface area contributed by atoms with Crippen molar-refractivity contribution >= 4 is 29.9 Å². The maximum Gasteiger partial charge on any atom is 0.233 e. The van der Waals surface area contributed by atoms with Crippen LogP contribution in [0.15, 0.2) is 30.3 Å². The third kappa shape index (κ3) is 3.54. The summed E-state index contributed by atoms with van der Waals surface area (Å²) in [6, 6.07) is 8.83. The van der Waals surface area contributed by atoms with Crippen LogP contribution in [0.2, 0.25) is 5.02 Å². The highest BCUT2D eigenvalue weighted by Crippen LogP contribution is 2.41. The van der Waals surface area contributed by atoms with E-state index in [1.807, 2.05) is 0 Å². The normalized spacial score (nSPS) is 18.9. The van der Waals surface area contributed by atoms with E-state index in [-0.39, 0.29) is 18.2 Å². The molecule has 3 rings (SSSR count). The number of benzene rings is 2. The number of phenolic OH excluding ortho intramolecular Hbond substituents is 1. The first kappa shape index (κ1) is 21.5. The van der Waals surface area contributed by atoms with Gasteiger partial charge in [0.25, 0.3) is 0 Å². The van der Waals surface area contributed by atoms with Crippen molar-refractivity contribution in [2.45, 2.75) is 38.5 Å². The zero-order valence-electron chi connectivity index (χ0n) is 15.6. The molecule has 1 amide bonds. The summed E-state index contributed by atoms with van der Waals surface area (Å²) >= 11 is 6.81. The Hall–Kier alpha value is -1.75. The van der Waals surface area contributed by atoms with E-state index in [4.69, 9.17) is 17.3 Å². The Labute approximate surface area is 171 Å². The molecule has 0 aliphatic carbocycles. The Kier molecular flexibility index (Phi) is 6.79. The molecule has 1 heterocycles. The SMILES string of the molecule is CCc1cc2c(c(Cl)c1CC)CCNC[C@@]2(C(N)=O)c1ccc(O)cc1.Cl. The van der Waals surface area contributed by atoms with E-state index in [0.29, 0.717) is 6.54 Å². The number of aryl methyl sites for hydroxylation is 1. The van der Waals surface area contributed by atoms with Crippen LogP contribution in [-0.4, -0.2) is 24.1 Å². The molecule has 1 aliphatic rings. The molecule has 1 atom stereocenters. The van der Waals surface area contributed by atoms with Gasteiger partial charge in [-0.3, -0.25) is 4.79 Å². The fourth-order valence-corrected chi connectivity index (χ4v) is 4.51. The van der Waals surface area contributed by atoms with Crippen molar-refractivity contribution in [3.63, 3.8) is 0 Å². The number of halogens is 2. The second kappa shape index (κ2) is 8.51. The largest absolute Gasteiger partial charge is 0.508 e. The molecule has 0 aromatic heterocycles. The molecule has 2 aromatic rings. The number of carbonyl (C=O) groups excluding carboxylic acids is 1. The number of nitrogens with two attached hydrogens (primary N) is 1. The summed E-state index contributed by atoms with van der Waals surface area (Å²) in [5, 5.41) is 13.8. The van der Waals surface area contributed by atoms with Crippen LogP contribution in [0.25, 0.3) is 0 Å². The smallest absolute Gasteiger partial charge is 0.233 e. The summed E-state index contributed by atoms with van der Waals surface area (Å²) in [4.78, 5) is 12.8. The van der Waals surface area contributed by atoms with Crippen molar-refractivity contribution in [2.75, 3.05) is 13.1 Å². The average Bonchev–Trinajstić information content (AvgIpc) is 2.83. The topological polar surface area (TPSA) is 75.3 Å². The number of hydrogen-bond donors (Lipinski definition) is 3. The summed E-state index contributed by atoms with van der Waals surface area (Å²) in [6.07, 6.45) is 2.44. The number of phenols is 1. The molecule has 0 saturated carbocycles. The van der Waals surface area contributed by atoms with Gasteiger partial charge in [0.2, 0.25) is 5.91 Å². The number of carbonyl (C=O) groups is 1. The Morgan fingerprint density at radius 2 is 1.93 bits per heavy atom. The first-order valence-electron chi connectivity index (χ1n) is 9.09. The predicted octanol–water partition coefficient (Wildman–Crippen LogP) is 3.51. The van der Waals surface area contributed by atoms with E-state index in [1.54, 1.807) is 24.3 Å². The van der Waals surface area contributed by atoms with Gasteiger partial charge in [-0.25, -0.2) is 0 Å². The molecule has 4 N–H and O–H groups in total. The van der Waals surface area contributed by atoms with Crippen LogP contribution >= 0.6 is 24.0 Å². The molecule has 0 spiro atoms. The molecule has 0 bridgehead atoms. The fourth-order valence-electron chi connectivity index (χ4n) is 4.06. The molecule has 2 aromatic carbocycles. The van der Waals surface area contributed by atoms with Gasteiger partial charge in [0.1, 0.15) is 11.2 Å². The lowest BCUT2D eigenvalue weighted by molar-refractivity contribution is -0.122. The van der Waals surface area contributed by atoms with Gasteiger partial charge in [0.05, 0.1) is 0 Å². The van der Waals surface area contributed by atoms with Crippen LogP contribution in [0, 0.1) is 0 Å². The molecule has 0 radical (unpaired) electrons. The first-order chi connectivity index (χ1) is 12.5. The molecule has 1 aliphatic heterocycles. The lowest BCUT2D eigenvalue weighted by atomic mass is 9.71. The summed E-state index contributed by atoms with van der Waals surface area (Å²) in [6.45, 7) is 5.33. The monoisotopic (exact) mass is 408 g/mol. The van der Waals surface area contributed by atoms with E-state index in [2.05, 4.69) is 25.2 Å². The van der Waals surface area contributed by atoms with Crippen molar-refractivity contribution < 1.29 is 9.90 Å². The molecule has 0 saturated heterocycles. The van der Waals surface area contributed by atoms with Crippen LogP contribution < -0.4 is 11.1 Å². The van der Waals surface area contributed by atoms with E-state index < -0.39 is 11.3 Å². The number of fused-ring (bicyclic) bond motifs is 1. The lowest BCUT2D eigenvalue weighted by Crippen LogP contribution is -2.49. The van der Waals surface area contributed by atoms with Crippen LogP contribution in [-0.2, 0) is 29.5 Å². The van der Waals surface area contributed by atoms with Gasteiger partial charge in [-0.2, -0.15) is 0 Å². The minimum absolute atomic E-state index is 0. The Morgan fingerprint density at radius 3 is 2.48 bits per heavy atom. The van der Waals surface area contributed by atoms with Crippen LogP contribution in [0.4, 0.5) is 0 Å². The van der Waals surface area contributed by atoms with Crippen molar-refractivity contribution in [1.29, 1.82) is 0 Å². The average molecular weight is 409 g/mol. The zero-order chi connectivity index (χ0) is 18.9. The fraction of sp³-hybridized carbons (Fsp3) is 0.381. The minimum Gasteiger partial charge on any atom is -0.508 e. The van der Waals surface area contributed by atoms with Crippen molar-refractivity contribution in [3.8, 4) is 5.75 Å². The van der Waals surface area contributed by atoms with Crippen molar-refractivity contribution in [3.05, 3.63) is 63.2 Å². The van der Waals surface area contributed by atoms with Gasteiger partial charge in [0, 0.05) is 11.6 Å². The highest BCUT2D eigenvalue weighted by atomic mass is 35.5.